The van der Waals surface area contributed by atoms with E-state index >= 15 is 0 Å². The predicted molar refractivity (Wildman–Crippen MR) is 77.2 cm³/mol. The van der Waals surface area contributed by atoms with Crippen LogP contribution >= 0.6 is 11.8 Å². The quantitative estimate of drug-likeness (QED) is 0.744. The Morgan fingerprint density at radius 2 is 1.84 bits per heavy atom. The van der Waals surface area contributed by atoms with Crippen LogP contribution in [-0.2, 0) is 4.79 Å². The highest BCUT2D eigenvalue weighted by Gasteiger charge is 2.21. The van der Waals surface area contributed by atoms with Crippen molar-refractivity contribution < 1.29 is 19.4 Å². The number of carboxylic acids is 1. The molecule has 1 unspecified atom stereocenters. The van der Waals surface area contributed by atoms with E-state index in [4.69, 9.17) is 14.6 Å². The third kappa shape index (κ3) is 5.42. The molecule has 0 bridgehead atoms. The number of benzene rings is 1. The normalized spacial score (nSPS) is 12.2. The maximum atomic E-state index is 11.0. The van der Waals surface area contributed by atoms with Gasteiger partial charge in [-0.25, -0.2) is 0 Å². The van der Waals surface area contributed by atoms with E-state index in [-0.39, 0.29) is 11.2 Å². The summed E-state index contributed by atoms with van der Waals surface area (Å²) in [6.07, 6.45) is 0. The molecule has 1 atom stereocenters. The molecule has 106 valence electrons. The predicted octanol–water partition coefficient (Wildman–Crippen LogP) is 2.92. The Kier molecular flexibility index (Phi) is 6.56. The van der Waals surface area contributed by atoms with Gasteiger partial charge in [-0.2, -0.15) is 0 Å². The number of carbonyl (C=O) groups is 1. The van der Waals surface area contributed by atoms with Gasteiger partial charge in [0.05, 0.1) is 13.7 Å². The van der Waals surface area contributed by atoms with Crippen LogP contribution in [-0.4, -0.2) is 35.8 Å². The summed E-state index contributed by atoms with van der Waals surface area (Å²) in [6, 6.07) is 7.33. The molecule has 0 aliphatic heterocycles. The zero-order chi connectivity index (χ0) is 14.3. The van der Waals surface area contributed by atoms with Crippen LogP contribution in [0, 0.1) is 5.92 Å². The van der Waals surface area contributed by atoms with E-state index in [1.165, 1.54) is 11.8 Å². The summed E-state index contributed by atoms with van der Waals surface area (Å²) < 4.78 is 10.6. The van der Waals surface area contributed by atoms with Crippen molar-refractivity contribution in [3.8, 4) is 11.5 Å². The average Bonchev–Trinajstić information content (AvgIpc) is 2.38. The summed E-state index contributed by atoms with van der Waals surface area (Å²) in [5.41, 5.74) is 0. The molecule has 0 aliphatic rings. The van der Waals surface area contributed by atoms with Crippen molar-refractivity contribution >= 4 is 17.7 Å². The molecular weight excluding hydrogens is 264 g/mol. The summed E-state index contributed by atoms with van der Waals surface area (Å²) >= 11 is 1.42. The molecular formula is C14H20O4S. The Labute approximate surface area is 118 Å². The monoisotopic (exact) mass is 284 g/mol. The van der Waals surface area contributed by atoms with Crippen LogP contribution in [0.5, 0.6) is 11.5 Å². The Morgan fingerprint density at radius 1 is 1.26 bits per heavy atom. The van der Waals surface area contributed by atoms with Crippen molar-refractivity contribution in [1.82, 2.24) is 0 Å². The molecule has 1 N–H and O–H groups in total. The number of aliphatic carboxylic acids is 1. The second-order valence-electron chi connectivity index (χ2n) is 4.40. The lowest BCUT2D eigenvalue weighted by Crippen LogP contribution is -2.23. The van der Waals surface area contributed by atoms with E-state index in [9.17, 15) is 4.79 Å². The highest BCUT2D eigenvalue weighted by atomic mass is 32.2. The minimum atomic E-state index is -0.760. The van der Waals surface area contributed by atoms with E-state index in [1.807, 2.05) is 38.1 Å². The number of hydrogen-bond acceptors (Lipinski definition) is 4. The van der Waals surface area contributed by atoms with E-state index in [0.717, 1.165) is 11.5 Å². The molecule has 4 nitrogen and oxygen atoms in total. The number of thioether (sulfide) groups is 1. The third-order valence-electron chi connectivity index (χ3n) is 2.56. The summed E-state index contributed by atoms with van der Waals surface area (Å²) in [6.45, 7) is 4.32. The first-order valence-corrected chi connectivity index (χ1v) is 7.20. The van der Waals surface area contributed by atoms with Crippen molar-refractivity contribution in [3.05, 3.63) is 24.3 Å². The molecule has 0 fully saturated rings. The van der Waals surface area contributed by atoms with Gasteiger partial charge in [0.2, 0.25) is 0 Å². The summed E-state index contributed by atoms with van der Waals surface area (Å²) in [4.78, 5) is 11.0. The van der Waals surface area contributed by atoms with Gasteiger partial charge in [-0.05, 0) is 30.2 Å². The topological polar surface area (TPSA) is 55.8 Å². The van der Waals surface area contributed by atoms with Gasteiger partial charge < -0.3 is 14.6 Å². The first-order chi connectivity index (χ1) is 9.04. The summed E-state index contributed by atoms with van der Waals surface area (Å²) in [5, 5.41) is 8.67. The third-order valence-corrected chi connectivity index (χ3v) is 4.07. The molecule has 1 rings (SSSR count). The Bertz CT molecular complexity index is 389. The van der Waals surface area contributed by atoms with E-state index in [2.05, 4.69) is 0 Å². The second-order valence-corrected chi connectivity index (χ2v) is 5.65. The highest BCUT2D eigenvalue weighted by Crippen LogP contribution is 2.21. The SMILES string of the molecule is COc1ccc(OCCSC(C(=O)O)C(C)C)cc1. The smallest absolute Gasteiger partial charge is 0.316 e. The van der Waals surface area contributed by atoms with Crippen molar-refractivity contribution in [2.24, 2.45) is 5.92 Å². The fourth-order valence-electron chi connectivity index (χ4n) is 1.56. The number of rotatable bonds is 8. The Balaban J connectivity index is 2.31. The first-order valence-electron chi connectivity index (χ1n) is 6.16. The van der Waals surface area contributed by atoms with Crippen molar-refractivity contribution in [1.29, 1.82) is 0 Å². The maximum Gasteiger partial charge on any atom is 0.316 e. The molecule has 1 aromatic carbocycles. The molecule has 0 spiro atoms. The largest absolute Gasteiger partial charge is 0.497 e. The highest BCUT2D eigenvalue weighted by molar-refractivity contribution is 8.00. The Hall–Kier alpha value is -1.36. The van der Waals surface area contributed by atoms with Crippen LogP contribution < -0.4 is 9.47 Å². The summed E-state index contributed by atoms with van der Waals surface area (Å²) in [5.74, 6) is 1.56. The van der Waals surface area contributed by atoms with Gasteiger partial charge >= 0.3 is 5.97 Å². The molecule has 1 aromatic rings. The van der Waals surface area contributed by atoms with Crippen LogP contribution in [0.2, 0.25) is 0 Å². The van der Waals surface area contributed by atoms with Crippen LogP contribution in [0.1, 0.15) is 13.8 Å². The lowest BCUT2D eigenvalue weighted by atomic mass is 10.1. The standard InChI is InChI=1S/C14H20O4S/c1-10(2)13(14(15)16)19-9-8-18-12-6-4-11(17-3)5-7-12/h4-7,10,13H,8-9H2,1-3H3,(H,15,16). The molecule has 0 saturated carbocycles. The molecule has 0 radical (unpaired) electrons. The van der Waals surface area contributed by atoms with Gasteiger partial charge in [-0.15, -0.1) is 11.8 Å². The van der Waals surface area contributed by atoms with Crippen molar-refractivity contribution in [3.63, 3.8) is 0 Å². The van der Waals surface area contributed by atoms with Crippen molar-refractivity contribution in [2.45, 2.75) is 19.1 Å². The van der Waals surface area contributed by atoms with Gasteiger partial charge in [0.1, 0.15) is 16.7 Å². The van der Waals surface area contributed by atoms with Gasteiger partial charge in [-0.1, -0.05) is 13.8 Å². The lowest BCUT2D eigenvalue weighted by Gasteiger charge is -2.15. The van der Waals surface area contributed by atoms with Crippen LogP contribution in [0.4, 0.5) is 0 Å². The van der Waals surface area contributed by atoms with Gasteiger partial charge in [0.15, 0.2) is 0 Å². The van der Waals surface area contributed by atoms with Crippen LogP contribution in [0.3, 0.4) is 0 Å². The number of hydrogen-bond donors (Lipinski definition) is 1. The van der Waals surface area contributed by atoms with E-state index in [0.29, 0.717) is 12.4 Å². The Morgan fingerprint density at radius 3 is 2.32 bits per heavy atom. The van der Waals surface area contributed by atoms with Gasteiger partial charge in [0.25, 0.3) is 0 Å². The molecule has 0 saturated heterocycles. The first kappa shape index (κ1) is 15.7. The zero-order valence-electron chi connectivity index (χ0n) is 11.5. The minimum Gasteiger partial charge on any atom is -0.497 e. The van der Waals surface area contributed by atoms with Crippen LogP contribution in [0.25, 0.3) is 0 Å². The molecule has 0 heterocycles. The molecule has 19 heavy (non-hydrogen) atoms. The average molecular weight is 284 g/mol. The number of carboxylic acid groups (broad SMARTS) is 1. The fraction of sp³-hybridized carbons (Fsp3) is 0.500. The fourth-order valence-corrected chi connectivity index (χ4v) is 2.52. The lowest BCUT2D eigenvalue weighted by molar-refractivity contribution is -0.137. The van der Waals surface area contributed by atoms with E-state index in [1.54, 1.807) is 7.11 Å². The molecule has 5 heteroatoms. The van der Waals surface area contributed by atoms with Gasteiger partial charge in [0, 0.05) is 5.75 Å². The molecule has 0 aliphatic carbocycles. The number of methoxy groups -OCH3 is 1. The molecule has 0 aromatic heterocycles. The van der Waals surface area contributed by atoms with Gasteiger partial charge in [-0.3, -0.25) is 4.79 Å². The van der Waals surface area contributed by atoms with Crippen molar-refractivity contribution in [2.75, 3.05) is 19.5 Å². The zero-order valence-corrected chi connectivity index (χ0v) is 12.3. The van der Waals surface area contributed by atoms with Crippen LogP contribution in [0.15, 0.2) is 24.3 Å². The van der Waals surface area contributed by atoms with E-state index < -0.39 is 5.97 Å². The minimum absolute atomic E-state index is 0.114. The second kappa shape index (κ2) is 7.94. The summed E-state index contributed by atoms with van der Waals surface area (Å²) in [7, 11) is 1.62. The molecule has 0 amide bonds. The number of ether oxygens (including phenoxy) is 2. The maximum absolute atomic E-state index is 11.0.